The predicted octanol–water partition coefficient (Wildman–Crippen LogP) is 3.65. The first-order valence-corrected chi connectivity index (χ1v) is 6.70. The van der Waals surface area contributed by atoms with Gasteiger partial charge in [0, 0.05) is 12.2 Å². The molecule has 19 heavy (non-hydrogen) atoms. The third kappa shape index (κ3) is 3.15. The molecule has 0 saturated heterocycles. The van der Waals surface area contributed by atoms with Gasteiger partial charge in [0.1, 0.15) is 12.0 Å². The van der Waals surface area contributed by atoms with E-state index in [0.717, 1.165) is 25.1 Å². The number of anilines is 3. The van der Waals surface area contributed by atoms with E-state index in [0.29, 0.717) is 16.7 Å². The molecule has 0 unspecified atom stereocenters. The van der Waals surface area contributed by atoms with Crippen LogP contribution in [0.2, 0.25) is 5.15 Å². The SMILES string of the molecule is CCCCN(c1ccccc1)c1ncnc(Cl)c1N. The topological polar surface area (TPSA) is 55.0 Å². The molecule has 2 rings (SSSR count). The van der Waals surface area contributed by atoms with Crippen LogP contribution in [-0.4, -0.2) is 16.5 Å². The molecule has 1 aromatic carbocycles. The zero-order valence-corrected chi connectivity index (χ0v) is 11.6. The van der Waals surface area contributed by atoms with Crippen molar-refractivity contribution in [2.75, 3.05) is 17.2 Å². The molecular formula is C14H17ClN4. The molecule has 5 heteroatoms. The van der Waals surface area contributed by atoms with Gasteiger partial charge in [-0.15, -0.1) is 0 Å². The van der Waals surface area contributed by atoms with Gasteiger partial charge < -0.3 is 10.6 Å². The summed E-state index contributed by atoms with van der Waals surface area (Å²) < 4.78 is 0. The van der Waals surface area contributed by atoms with Gasteiger partial charge in [-0.2, -0.15) is 0 Å². The second-order valence-corrected chi connectivity index (χ2v) is 4.60. The van der Waals surface area contributed by atoms with E-state index in [4.69, 9.17) is 17.3 Å². The van der Waals surface area contributed by atoms with Crippen molar-refractivity contribution in [3.63, 3.8) is 0 Å². The monoisotopic (exact) mass is 276 g/mol. The molecule has 2 aromatic rings. The van der Waals surface area contributed by atoms with E-state index < -0.39 is 0 Å². The number of nitrogen functional groups attached to an aromatic ring is 1. The van der Waals surface area contributed by atoms with Crippen LogP contribution < -0.4 is 10.6 Å². The second-order valence-electron chi connectivity index (χ2n) is 4.24. The Kier molecular flexibility index (Phi) is 4.58. The van der Waals surface area contributed by atoms with Crippen LogP contribution in [0.5, 0.6) is 0 Å². The van der Waals surface area contributed by atoms with E-state index in [-0.39, 0.29) is 0 Å². The summed E-state index contributed by atoms with van der Waals surface area (Å²) in [6.45, 7) is 3.00. The lowest BCUT2D eigenvalue weighted by atomic mass is 10.2. The Morgan fingerprint density at radius 1 is 1.21 bits per heavy atom. The average molecular weight is 277 g/mol. The van der Waals surface area contributed by atoms with Crippen LogP contribution in [0.1, 0.15) is 19.8 Å². The summed E-state index contributed by atoms with van der Waals surface area (Å²) in [5.41, 5.74) is 7.47. The number of rotatable bonds is 5. The average Bonchev–Trinajstić information content (AvgIpc) is 2.45. The van der Waals surface area contributed by atoms with Crippen LogP contribution in [0.25, 0.3) is 0 Å². The normalized spacial score (nSPS) is 10.4. The van der Waals surface area contributed by atoms with E-state index in [1.807, 2.05) is 30.3 Å². The van der Waals surface area contributed by atoms with Crippen LogP contribution in [0.4, 0.5) is 17.2 Å². The molecule has 0 amide bonds. The van der Waals surface area contributed by atoms with E-state index in [1.165, 1.54) is 6.33 Å². The van der Waals surface area contributed by atoms with E-state index in [9.17, 15) is 0 Å². The van der Waals surface area contributed by atoms with Crippen LogP contribution in [-0.2, 0) is 0 Å². The molecule has 1 aromatic heterocycles. The largest absolute Gasteiger partial charge is 0.393 e. The Morgan fingerprint density at radius 2 is 1.95 bits per heavy atom. The van der Waals surface area contributed by atoms with Crippen molar-refractivity contribution in [1.82, 2.24) is 9.97 Å². The van der Waals surface area contributed by atoms with Crippen LogP contribution in [0, 0.1) is 0 Å². The van der Waals surface area contributed by atoms with E-state index >= 15 is 0 Å². The van der Waals surface area contributed by atoms with Gasteiger partial charge in [0.15, 0.2) is 11.0 Å². The maximum atomic E-state index is 5.99. The van der Waals surface area contributed by atoms with Gasteiger partial charge in [-0.05, 0) is 18.6 Å². The van der Waals surface area contributed by atoms with Crippen molar-refractivity contribution in [1.29, 1.82) is 0 Å². The Hall–Kier alpha value is -1.81. The van der Waals surface area contributed by atoms with E-state index in [2.05, 4.69) is 21.8 Å². The molecule has 0 fully saturated rings. The van der Waals surface area contributed by atoms with Crippen molar-refractivity contribution < 1.29 is 0 Å². The number of benzene rings is 1. The summed E-state index contributed by atoms with van der Waals surface area (Å²) in [6.07, 6.45) is 3.59. The first kappa shape index (κ1) is 13.6. The highest BCUT2D eigenvalue weighted by molar-refractivity contribution is 6.32. The summed E-state index contributed by atoms with van der Waals surface area (Å²) in [7, 11) is 0. The summed E-state index contributed by atoms with van der Waals surface area (Å²) in [5.74, 6) is 0.666. The highest BCUT2D eigenvalue weighted by Gasteiger charge is 2.15. The molecule has 2 N–H and O–H groups in total. The first-order chi connectivity index (χ1) is 9.24. The molecule has 0 radical (unpaired) electrons. The van der Waals surface area contributed by atoms with Crippen molar-refractivity contribution in [3.8, 4) is 0 Å². The highest BCUT2D eigenvalue weighted by atomic mass is 35.5. The third-order valence-electron chi connectivity index (χ3n) is 2.87. The van der Waals surface area contributed by atoms with Crippen molar-refractivity contribution in [2.24, 2.45) is 0 Å². The Balaban J connectivity index is 2.40. The Bertz CT molecular complexity index is 530. The quantitative estimate of drug-likeness (QED) is 0.847. The number of hydrogen-bond donors (Lipinski definition) is 1. The molecule has 100 valence electrons. The molecule has 0 aliphatic heterocycles. The van der Waals surface area contributed by atoms with Crippen LogP contribution >= 0.6 is 11.6 Å². The fourth-order valence-electron chi connectivity index (χ4n) is 1.86. The zero-order chi connectivity index (χ0) is 13.7. The molecule has 1 heterocycles. The summed E-state index contributed by atoms with van der Waals surface area (Å²) >= 11 is 5.98. The van der Waals surface area contributed by atoms with Gasteiger partial charge in [-0.1, -0.05) is 43.1 Å². The number of aromatic nitrogens is 2. The molecule has 0 atom stereocenters. The molecule has 0 bridgehead atoms. The van der Waals surface area contributed by atoms with Crippen LogP contribution in [0.3, 0.4) is 0 Å². The fraction of sp³-hybridized carbons (Fsp3) is 0.286. The molecule has 0 aliphatic rings. The summed E-state index contributed by atoms with van der Waals surface area (Å²) in [4.78, 5) is 10.2. The minimum absolute atomic E-state index is 0.294. The lowest BCUT2D eigenvalue weighted by Gasteiger charge is -2.24. The number of nitrogens with two attached hydrogens (primary N) is 1. The van der Waals surface area contributed by atoms with Crippen molar-refractivity contribution in [2.45, 2.75) is 19.8 Å². The van der Waals surface area contributed by atoms with Gasteiger partial charge in [-0.25, -0.2) is 9.97 Å². The Morgan fingerprint density at radius 3 is 2.63 bits per heavy atom. The number of hydrogen-bond acceptors (Lipinski definition) is 4. The number of unbranched alkanes of at least 4 members (excludes halogenated alkanes) is 1. The standard InChI is InChI=1S/C14H17ClN4/c1-2-3-9-19(11-7-5-4-6-8-11)14-12(16)13(15)17-10-18-14/h4-8,10H,2-3,9,16H2,1H3. The van der Waals surface area contributed by atoms with Gasteiger partial charge in [0.2, 0.25) is 0 Å². The molecule has 0 aliphatic carbocycles. The smallest absolute Gasteiger partial charge is 0.161 e. The lowest BCUT2D eigenvalue weighted by Crippen LogP contribution is -2.21. The first-order valence-electron chi connectivity index (χ1n) is 6.32. The third-order valence-corrected chi connectivity index (χ3v) is 3.17. The van der Waals surface area contributed by atoms with Gasteiger partial charge >= 0.3 is 0 Å². The van der Waals surface area contributed by atoms with Gasteiger partial charge in [-0.3, -0.25) is 0 Å². The molecular weight excluding hydrogens is 260 g/mol. The minimum Gasteiger partial charge on any atom is -0.393 e. The minimum atomic E-state index is 0.294. The highest BCUT2D eigenvalue weighted by Crippen LogP contribution is 2.31. The summed E-state index contributed by atoms with van der Waals surface area (Å²) in [5, 5.41) is 0.294. The maximum Gasteiger partial charge on any atom is 0.161 e. The number of nitrogens with zero attached hydrogens (tertiary/aromatic N) is 3. The van der Waals surface area contributed by atoms with Crippen molar-refractivity contribution >= 4 is 28.8 Å². The molecule has 0 saturated carbocycles. The summed E-state index contributed by atoms with van der Waals surface area (Å²) in [6, 6.07) is 10.0. The number of halogens is 1. The molecule has 4 nitrogen and oxygen atoms in total. The Labute approximate surface area is 118 Å². The number of para-hydroxylation sites is 1. The van der Waals surface area contributed by atoms with Crippen LogP contribution in [0.15, 0.2) is 36.7 Å². The van der Waals surface area contributed by atoms with Gasteiger partial charge in [0.05, 0.1) is 0 Å². The zero-order valence-electron chi connectivity index (χ0n) is 10.9. The predicted molar refractivity (Wildman–Crippen MR) is 79.8 cm³/mol. The lowest BCUT2D eigenvalue weighted by molar-refractivity contribution is 0.779. The van der Waals surface area contributed by atoms with Gasteiger partial charge in [0.25, 0.3) is 0 Å². The second kappa shape index (κ2) is 6.38. The van der Waals surface area contributed by atoms with Crippen molar-refractivity contribution in [3.05, 3.63) is 41.8 Å². The molecule has 0 spiro atoms. The van der Waals surface area contributed by atoms with E-state index in [1.54, 1.807) is 0 Å². The fourth-order valence-corrected chi connectivity index (χ4v) is 1.99. The maximum absolute atomic E-state index is 5.99.